The van der Waals surface area contributed by atoms with Crippen LogP contribution in [-0.4, -0.2) is 28.1 Å². The fourth-order valence-corrected chi connectivity index (χ4v) is 3.90. The van der Waals surface area contributed by atoms with Crippen molar-refractivity contribution in [3.8, 4) is 5.75 Å². The van der Waals surface area contributed by atoms with Gasteiger partial charge in [0.2, 0.25) is 0 Å². The van der Waals surface area contributed by atoms with Gasteiger partial charge in [0.1, 0.15) is 11.9 Å². The van der Waals surface area contributed by atoms with Crippen LogP contribution >= 0.6 is 31.9 Å². The first-order valence-electron chi connectivity index (χ1n) is 8.76. The molecule has 0 heterocycles. The van der Waals surface area contributed by atoms with E-state index in [4.69, 9.17) is 9.84 Å². The highest BCUT2D eigenvalue weighted by Gasteiger charge is 2.27. The minimum Gasteiger partial charge on any atom is -0.506 e. The fraction of sp³-hybridized carbons (Fsp3) is 0.190. The maximum atomic E-state index is 12.5. The predicted molar refractivity (Wildman–Crippen MR) is 119 cm³/mol. The number of nitrogens with one attached hydrogen (secondary N) is 1. The van der Waals surface area contributed by atoms with Crippen molar-refractivity contribution in [1.82, 2.24) is 0 Å². The Hall–Kier alpha value is -2.65. The Bertz CT molecular complexity index is 988. The number of ether oxygens (including phenoxy) is 1. The molecule has 2 aromatic rings. The number of amides is 1. The van der Waals surface area contributed by atoms with Crippen molar-refractivity contribution in [1.29, 1.82) is 0 Å². The number of aromatic hydroxyl groups is 1. The normalized spacial score (nSPS) is 12.9. The second kappa shape index (κ2) is 10.4. The van der Waals surface area contributed by atoms with E-state index in [0.717, 1.165) is 6.08 Å². The first kappa shape index (κ1) is 23.6. The van der Waals surface area contributed by atoms with Crippen molar-refractivity contribution in [3.05, 3.63) is 68.6 Å². The molecule has 0 aliphatic rings. The van der Waals surface area contributed by atoms with Crippen molar-refractivity contribution in [2.24, 2.45) is 5.92 Å². The summed E-state index contributed by atoms with van der Waals surface area (Å²) in [6.07, 6.45) is 0.534. The highest BCUT2D eigenvalue weighted by Crippen LogP contribution is 2.40. The number of Topliss-reactive ketones (excluding diaryl/α,β-unsaturated/α-hetero) is 1. The maximum Gasteiger partial charge on any atom is 0.412 e. The number of ketones is 1. The third-order valence-electron chi connectivity index (χ3n) is 4.16. The number of phenolic OH excluding ortho intramolecular Hbond substituents is 1. The van der Waals surface area contributed by atoms with Gasteiger partial charge >= 0.3 is 12.1 Å². The summed E-state index contributed by atoms with van der Waals surface area (Å²) < 4.78 is 6.55. The van der Waals surface area contributed by atoms with Gasteiger partial charge in [0.15, 0.2) is 5.78 Å². The van der Waals surface area contributed by atoms with Crippen molar-refractivity contribution in [3.63, 3.8) is 0 Å². The van der Waals surface area contributed by atoms with Gasteiger partial charge in [-0.1, -0.05) is 28.9 Å². The van der Waals surface area contributed by atoms with Gasteiger partial charge in [-0.05, 0) is 59.3 Å². The molecule has 3 N–H and O–H groups in total. The third kappa shape index (κ3) is 6.43. The van der Waals surface area contributed by atoms with Crippen LogP contribution in [0.4, 0.5) is 10.5 Å². The molecule has 30 heavy (non-hydrogen) atoms. The van der Waals surface area contributed by atoms with Crippen LogP contribution in [0.2, 0.25) is 0 Å². The lowest BCUT2D eigenvalue weighted by Gasteiger charge is -2.24. The van der Waals surface area contributed by atoms with E-state index in [1.807, 2.05) is 0 Å². The Morgan fingerprint density at radius 2 is 1.77 bits per heavy atom. The summed E-state index contributed by atoms with van der Waals surface area (Å²) in [6, 6.07) is 9.49. The topological polar surface area (TPSA) is 113 Å². The van der Waals surface area contributed by atoms with E-state index >= 15 is 0 Å². The van der Waals surface area contributed by atoms with E-state index in [0.29, 0.717) is 25.8 Å². The van der Waals surface area contributed by atoms with Crippen LogP contribution in [0.5, 0.6) is 5.75 Å². The summed E-state index contributed by atoms with van der Waals surface area (Å²) in [5.74, 6) is -1.94. The van der Waals surface area contributed by atoms with Crippen molar-refractivity contribution in [2.75, 3.05) is 5.32 Å². The number of phenols is 1. The average molecular weight is 541 g/mol. The quantitative estimate of drug-likeness (QED) is 0.307. The number of hydrogen-bond donors (Lipinski definition) is 3. The average Bonchev–Trinajstić information content (AvgIpc) is 2.67. The van der Waals surface area contributed by atoms with Gasteiger partial charge in [-0.15, -0.1) is 0 Å². The Morgan fingerprint density at radius 1 is 1.13 bits per heavy atom. The Labute approximate surface area is 190 Å². The number of carboxylic acids is 1. The van der Waals surface area contributed by atoms with Crippen LogP contribution in [0.25, 0.3) is 0 Å². The second-order valence-corrected chi connectivity index (χ2v) is 8.24. The zero-order valence-electron chi connectivity index (χ0n) is 16.1. The standard InChI is InChI=1S/C21H19Br2NO6/c1-11(3-8-18(26)27)20(16-9-14(22)10-17(23)19(16)28)30-21(29)24-15-6-4-13(5-7-15)12(2)25/h3-11,20,28H,1-2H3,(H,24,29)(H,26,27)/b8-3+/t11-,20+/m1/s1. The molecule has 0 saturated carbocycles. The smallest absolute Gasteiger partial charge is 0.412 e. The number of carbonyl (C=O) groups excluding carboxylic acids is 2. The minimum atomic E-state index is -1.14. The van der Waals surface area contributed by atoms with Gasteiger partial charge in [0.05, 0.1) is 4.47 Å². The fourth-order valence-electron chi connectivity index (χ4n) is 2.64. The van der Waals surface area contributed by atoms with Crippen LogP contribution in [0.3, 0.4) is 0 Å². The molecule has 1 amide bonds. The highest BCUT2D eigenvalue weighted by molar-refractivity contribution is 9.11. The largest absolute Gasteiger partial charge is 0.506 e. The Morgan fingerprint density at radius 3 is 2.33 bits per heavy atom. The minimum absolute atomic E-state index is 0.0982. The number of benzene rings is 2. The van der Waals surface area contributed by atoms with Gasteiger partial charge in [0, 0.05) is 33.3 Å². The lowest BCUT2D eigenvalue weighted by molar-refractivity contribution is -0.131. The summed E-state index contributed by atoms with van der Waals surface area (Å²) >= 11 is 6.57. The van der Waals surface area contributed by atoms with Crippen molar-refractivity contribution < 1.29 is 29.3 Å². The van der Waals surface area contributed by atoms with Crippen LogP contribution in [0.1, 0.15) is 35.9 Å². The lowest BCUT2D eigenvalue weighted by Crippen LogP contribution is -2.21. The molecule has 0 spiro atoms. The SMILES string of the molecule is CC(=O)c1ccc(NC(=O)O[C@H](c2cc(Br)cc(Br)c2O)[C@H](C)/C=C/C(=O)O)cc1. The monoisotopic (exact) mass is 539 g/mol. The summed E-state index contributed by atoms with van der Waals surface area (Å²) in [7, 11) is 0. The van der Waals surface area contributed by atoms with E-state index in [1.54, 1.807) is 43.3 Å². The molecule has 7 nitrogen and oxygen atoms in total. The molecule has 2 rings (SSSR count). The van der Waals surface area contributed by atoms with E-state index in [1.165, 1.54) is 13.0 Å². The van der Waals surface area contributed by atoms with Crippen molar-refractivity contribution >= 4 is 55.4 Å². The molecule has 0 aliphatic heterocycles. The summed E-state index contributed by atoms with van der Waals surface area (Å²) in [4.78, 5) is 34.7. The number of rotatable bonds is 7. The Kier molecular flexibility index (Phi) is 8.19. The first-order valence-corrected chi connectivity index (χ1v) is 10.3. The third-order valence-corrected chi connectivity index (χ3v) is 5.22. The molecule has 158 valence electrons. The van der Waals surface area contributed by atoms with Crippen LogP contribution in [-0.2, 0) is 9.53 Å². The second-order valence-electron chi connectivity index (χ2n) is 6.47. The van der Waals surface area contributed by atoms with E-state index in [9.17, 15) is 19.5 Å². The summed E-state index contributed by atoms with van der Waals surface area (Å²) in [5.41, 5.74) is 1.21. The van der Waals surface area contributed by atoms with Gasteiger partial charge in [-0.25, -0.2) is 9.59 Å². The molecule has 0 unspecified atom stereocenters. The van der Waals surface area contributed by atoms with Gasteiger partial charge in [-0.3, -0.25) is 10.1 Å². The molecule has 2 aromatic carbocycles. The molecule has 0 aliphatic carbocycles. The number of carbonyl (C=O) groups is 3. The van der Waals surface area contributed by atoms with E-state index in [2.05, 4.69) is 37.2 Å². The number of halogens is 2. The molecule has 0 fully saturated rings. The molecule has 9 heteroatoms. The molecule has 0 bridgehead atoms. The molecular formula is C21H19Br2NO6. The van der Waals surface area contributed by atoms with Gasteiger partial charge in [0.25, 0.3) is 0 Å². The molecule has 0 saturated heterocycles. The van der Waals surface area contributed by atoms with E-state index < -0.39 is 24.1 Å². The highest BCUT2D eigenvalue weighted by atomic mass is 79.9. The lowest BCUT2D eigenvalue weighted by atomic mass is 9.96. The number of aliphatic carboxylic acids is 1. The van der Waals surface area contributed by atoms with E-state index in [-0.39, 0.29) is 11.5 Å². The zero-order chi connectivity index (χ0) is 22.4. The first-order chi connectivity index (χ1) is 14.1. The predicted octanol–water partition coefficient (Wildman–Crippen LogP) is 5.69. The van der Waals surface area contributed by atoms with Gasteiger partial charge < -0.3 is 14.9 Å². The van der Waals surface area contributed by atoms with Crippen LogP contribution in [0, 0.1) is 5.92 Å². The molecular weight excluding hydrogens is 522 g/mol. The summed E-state index contributed by atoms with van der Waals surface area (Å²) in [6.45, 7) is 3.10. The molecule has 0 radical (unpaired) electrons. The zero-order valence-corrected chi connectivity index (χ0v) is 19.2. The number of hydrogen-bond acceptors (Lipinski definition) is 5. The number of carboxylic acid groups (broad SMARTS) is 1. The van der Waals surface area contributed by atoms with Crippen LogP contribution < -0.4 is 5.32 Å². The Balaban J connectivity index is 2.29. The maximum absolute atomic E-state index is 12.5. The molecule has 0 aromatic heterocycles. The van der Waals surface area contributed by atoms with Gasteiger partial charge in [-0.2, -0.15) is 0 Å². The number of anilines is 1. The van der Waals surface area contributed by atoms with Crippen molar-refractivity contribution in [2.45, 2.75) is 20.0 Å². The molecule has 2 atom stereocenters. The van der Waals surface area contributed by atoms with Crippen LogP contribution in [0.15, 0.2) is 57.5 Å². The summed E-state index contributed by atoms with van der Waals surface area (Å²) in [5, 5.41) is 21.9.